The van der Waals surface area contributed by atoms with Crippen molar-refractivity contribution in [2.24, 2.45) is 0 Å². The van der Waals surface area contributed by atoms with E-state index in [-0.39, 0.29) is 5.91 Å². The first-order valence-electron chi connectivity index (χ1n) is 9.32. The SMILES string of the molecule is CCn1c(C)cc(C(=O)OC(C(=O)N2CCOCC2)c2ccccc2)c1C. The van der Waals surface area contributed by atoms with Gasteiger partial charge in [-0.2, -0.15) is 0 Å². The molecule has 1 aromatic carbocycles. The highest BCUT2D eigenvalue weighted by Gasteiger charge is 2.31. The molecular formula is C21H26N2O4. The molecule has 0 aliphatic carbocycles. The number of hydrogen-bond acceptors (Lipinski definition) is 4. The average molecular weight is 370 g/mol. The minimum absolute atomic E-state index is 0.206. The van der Waals surface area contributed by atoms with Crippen LogP contribution in [0.25, 0.3) is 0 Å². The maximum atomic E-state index is 13.1. The van der Waals surface area contributed by atoms with Gasteiger partial charge < -0.3 is 18.9 Å². The highest BCUT2D eigenvalue weighted by atomic mass is 16.5. The maximum Gasteiger partial charge on any atom is 0.341 e. The van der Waals surface area contributed by atoms with Gasteiger partial charge in [0.15, 0.2) is 0 Å². The quantitative estimate of drug-likeness (QED) is 0.760. The van der Waals surface area contributed by atoms with Crippen LogP contribution in [0, 0.1) is 13.8 Å². The molecular weight excluding hydrogens is 344 g/mol. The Balaban J connectivity index is 1.87. The lowest BCUT2D eigenvalue weighted by Crippen LogP contribution is -2.44. The summed E-state index contributed by atoms with van der Waals surface area (Å²) < 4.78 is 13.1. The van der Waals surface area contributed by atoms with Crippen molar-refractivity contribution >= 4 is 11.9 Å². The summed E-state index contributed by atoms with van der Waals surface area (Å²) >= 11 is 0. The molecule has 0 radical (unpaired) electrons. The highest BCUT2D eigenvalue weighted by Crippen LogP contribution is 2.24. The summed E-state index contributed by atoms with van der Waals surface area (Å²) in [7, 11) is 0. The fraction of sp³-hybridized carbons (Fsp3) is 0.429. The van der Waals surface area contributed by atoms with E-state index in [4.69, 9.17) is 9.47 Å². The van der Waals surface area contributed by atoms with E-state index < -0.39 is 12.1 Å². The van der Waals surface area contributed by atoms with E-state index in [1.165, 1.54) is 0 Å². The molecule has 1 aliphatic heterocycles. The fourth-order valence-corrected chi connectivity index (χ4v) is 3.50. The van der Waals surface area contributed by atoms with Crippen LogP contribution in [0.1, 0.15) is 40.3 Å². The Bertz CT molecular complexity index is 807. The minimum Gasteiger partial charge on any atom is -0.444 e. The zero-order chi connectivity index (χ0) is 19.4. The van der Waals surface area contributed by atoms with Crippen molar-refractivity contribution in [2.45, 2.75) is 33.4 Å². The lowest BCUT2D eigenvalue weighted by molar-refractivity contribution is -0.145. The maximum absolute atomic E-state index is 13.1. The Labute approximate surface area is 159 Å². The topological polar surface area (TPSA) is 60.8 Å². The molecule has 144 valence electrons. The number of carbonyl (C=O) groups is 2. The van der Waals surface area contributed by atoms with Gasteiger partial charge in [-0.15, -0.1) is 0 Å². The van der Waals surface area contributed by atoms with Crippen molar-refractivity contribution in [2.75, 3.05) is 26.3 Å². The lowest BCUT2D eigenvalue weighted by atomic mass is 10.1. The molecule has 0 N–H and O–H groups in total. The second kappa shape index (κ2) is 8.39. The predicted octanol–water partition coefficient (Wildman–Crippen LogP) is 2.88. The van der Waals surface area contributed by atoms with Crippen LogP contribution >= 0.6 is 0 Å². The van der Waals surface area contributed by atoms with Crippen LogP contribution in [0.4, 0.5) is 0 Å². The smallest absolute Gasteiger partial charge is 0.341 e. The molecule has 2 heterocycles. The molecule has 6 heteroatoms. The number of hydrogen-bond donors (Lipinski definition) is 0. The monoisotopic (exact) mass is 370 g/mol. The van der Waals surface area contributed by atoms with Crippen molar-refractivity contribution in [1.82, 2.24) is 9.47 Å². The number of benzene rings is 1. The average Bonchev–Trinajstić information content (AvgIpc) is 3.00. The first kappa shape index (κ1) is 19.2. The van der Waals surface area contributed by atoms with Gasteiger partial charge in [0.25, 0.3) is 5.91 Å². The predicted molar refractivity (Wildman–Crippen MR) is 102 cm³/mol. The van der Waals surface area contributed by atoms with Gasteiger partial charge in [0.1, 0.15) is 0 Å². The van der Waals surface area contributed by atoms with Gasteiger partial charge in [0.2, 0.25) is 6.10 Å². The van der Waals surface area contributed by atoms with Crippen LogP contribution in [-0.4, -0.2) is 47.6 Å². The van der Waals surface area contributed by atoms with E-state index in [1.54, 1.807) is 4.90 Å². The summed E-state index contributed by atoms with van der Waals surface area (Å²) in [5, 5.41) is 0. The molecule has 2 aromatic rings. The van der Waals surface area contributed by atoms with Crippen LogP contribution in [0.15, 0.2) is 36.4 Å². The Kier molecular flexibility index (Phi) is 5.96. The molecule has 6 nitrogen and oxygen atoms in total. The Morgan fingerprint density at radius 2 is 1.81 bits per heavy atom. The van der Waals surface area contributed by atoms with Crippen molar-refractivity contribution in [1.29, 1.82) is 0 Å². The summed E-state index contributed by atoms with van der Waals surface area (Å²) in [6.07, 6.45) is -0.957. The van der Waals surface area contributed by atoms with Crippen LogP contribution in [0.2, 0.25) is 0 Å². The first-order chi connectivity index (χ1) is 13.0. The number of amides is 1. The molecule has 3 rings (SSSR count). The number of carbonyl (C=O) groups excluding carboxylic acids is 2. The molecule has 1 atom stereocenters. The van der Waals surface area contributed by atoms with Gasteiger partial charge in [0.05, 0.1) is 18.8 Å². The van der Waals surface area contributed by atoms with Crippen LogP contribution in [0.3, 0.4) is 0 Å². The molecule has 1 saturated heterocycles. The molecule has 1 fully saturated rings. The number of morpholine rings is 1. The fourth-order valence-electron chi connectivity index (χ4n) is 3.50. The van der Waals surface area contributed by atoms with E-state index in [1.807, 2.05) is 57.2 Å². The number of esters is 1. The molecule has 1 amide bonds. The molecule has 1 aromatic heterocycles. The van der Waals surface area contributed by atoms with Gasteiger partial charge in [-0.05, 0) is 26.8 Å². The van der Waals surface area contributed by atoms with E-state index in [0.29, 0.717) is 37.4 Å². The zero-order valence-corrected chi connectivity index (χ0v) is 16.1. The summed E-state index contributed by atoms with van der Waals surface area (Å²) in [4.78, 5) is 27.7. The van der Waals surface area contributed by atoms with E-state index in [0.717, 1.165) is 17.9 Å². The normalized spacial score (nSPS) is 15.4. The summed E-state index contributed by atoms with van der Waals surface area (Å²) in [6, 6.07) is 11.0. The second-order valence-corrected chi connectivity index (χ2v) is 6.66. The largest absolute Gasteiger partial charge is 0.444 e. The molecule has 1 aliphatic rings. The van der Waals surface area contributed by atoms with E-state index >= 15 is 0 Å². The molecule has 0 spiro atoms. The lowest BCUT2D eigenvalue weighted by Gasteiger charge is -2.30. The summed E-state index contributed by atoms with van der Waals surface area (Å²) in [5.74, 6) is -0.680. The van der Waals surface area contributed by atoms with Crippen molar-refractivity contribution in [3.8, 4) is 0 Å². The standard InChI is InChI=1S/C21H26N2O4/c1-4-23-15(2)14-18(16(23)3)21(25)27-19(17-8-6-5-7-9-17)20(24)22-10-12-26-13-11-22/h5-9,14,19H,4,10-13H2,1-3H3. The van der Waals surface area contributed by atoms with Gasteiger partial charge in [0, 0.05) is 36.6 Å². The summed E-state index contributed by atoms with van der Waals surface area (Å²) in [5.41, 5.74) is 3.03. The van der Waals surface area contributed by atoms with Crippen molar-refractivity contribution in [3.63, 3.8) is 0 Å². The third-order valence-corrected chi connectivity index (χ3v) is 4.98. The molecule has 0 saturated carbocycles. The number of ether oxygens (including phenoxy) is 2. The van der Waals surface area contributed by atoms with E-state index in [2.05, 4.69) is 4.57 Å². The van der Waals surface area contributed by atoms with Crippen molar-refractivity contribution < 1.29 is 19.1 Å². The van der Waals surface area contributed by atoms with Gasteiger partial charge in [-0.1, -0.05) is 30.3 Å². The van der Waals surface area contributed by atoms with Gasteiger partial charge >= 0.3 is 5.97 Å². The molecule has 1 unspecified atom stereocenters. The molecule has 27 heavy (non-hydrogen) atoms. The highest BCUT2D eigenvalue weighted by molar-refractivity contribution is 5.94. The zero-order valence-electron chi connectivity index (χ0n) is 16.1. The van der Waals surface area contributed by atoms with Crippen molar-refractivity contribution in [3.05, 3.63) is 58.9 Å². The number of aryl methyl sites for hydroxylation is 1. The van der Waals surface area contributed by atoms with Crippen LogP contribution in [-0.2, 0) is 20.8 Å². The number of rotatable bonds is 5. The number of nitrogens with zero attached hydrogens (tertiary/aromatic N) is 2. The van der Waals surface area contributed by atoms with Crippen LogP contribution < -0.4 is 0 Å². The van der Waals surface area contributed by atoms with Gasteiger partial charge in [-0.25, -0.2) is 4.79 Å². The first-order valence-corrected chi connectivity index (χ1v) is 9.32. The third kappa shape index (κ3) is 4.06. The van der Waals surface area contributed by atoms with E-state index in [9.17, 15) is 9.59 Å². The third-order valence-electron chi connectivity index (χ3n) is 4.98. The van der Waals surface area contributed by atoms with Gasteiger partial charge in [-0.3, -0.25) is 4.79 Å². The molecule has 0 bridgehead atoms. The summed E-state index contributed by atoms with van der Waals surface area (Å²) in [6.45, 7) is 8.67. The number of aromatic nitrogens is 1. The second-order valence-electron chi connectivity index (χ2n) is 6.66. The Hall–Kier alpha value is -2.60. The Morgan fingerprint density at radius 3 is 2.41 bits per heavy atom. The van der Waals surface area contributed by atoms with Crippen LogP contribution in [0.5, 0.6) is 0 Å². The minimum atomic E-state index is -0.957. The Morgan fingerprint density at radius 1 is 1.15 bits per heavy atom.